The number of benzene rings is 1. The first-order valence-electron chi connectivity index (χ1n) is 8.99. The molecular weight excluding hydrogens is 385 g/mol. The zero-order valence-electron chi connectivity index (χ0n) is 16.2. The largest absolute Gasteiger partial charge is 0.435 e. The molecule has 7 nitrogen and oxygen atoms in total. The number of nitrogens with one attached hydrogen (secondary N) is 1. The molecule has 1 unspecified atom stereocenters. The molecule has 1 N–H and O–H groups in total. The molecule has 154 valence electrons. The Balaban J connectivity index is 1.60. The Morgan fingerprint density at radius 1 is 1.21 bits per heavy atom. The summed E-state index contributed by atoms with van der Waals surface area (Å²) in [6.07, 6.45) is -3.01. The zero-order valence-corrected chi connectivity index (χ0v) is 16.2. The van der Waals surface area contributed by atoms with Crippen LogP contribution in [0.3, 0.4) is 0 Å². The highest BCUT2D eigenvalue weighted by molar-refractivity contribution is 5.90. The maximum absolute atomic E-state index is 12.8. The van der Waals surface area contributed by atoms with E-state index in [0.717, 1.165) is 17.2 Å². The Kier molecular flexibility index (Phi) is 5.71. The van der Waals surface area contributed by atoms with Crippen molar-refractivity contribution in [3.63, 3.8) is 0 Å². The van der Waals surface area contributed by atoms with Crippen LogP contribution in [-0.2, 0) is 24.1 Å². The fraction of sp³-hybridized carbons (Fsp3) is 0.368. The van der Waals surface area contributed by atoms with Crippen molar-refractivity contribution in [2.75, 3.05) is 5.32 Å². The lowest BCUT2D eigenvalue weighted by molar-refractivity contribution is -0.141. The van der Waals surface area contributed by atoms with Gasteiger partial charge in [0.05, 0.1) is 19.0 Å². The molecule has 29 heavy (non-hydrogen) atoms. The highest BCUT2D eigenvalue weighted by Crippen LogP contribution is 2.28. The number of carbonyl (C=O) groups is 1. The van der Waals surface area contributed by atoms with E-state index in [9.17, 15) is 18.0 Å². The maximum Gasteiger partial charge on any atom is 0.435 e. The summed E-state index contributed by atoms with van der Waals surface area (Å²) in [6, 6.07) is 8.91. The number of rotatable bonds is 6. The second kappa shape index (κ2) is 8.06. The minimum absolute atomic E-state index is 0.0117. The Labute approximate surface area is 165 Å². The van der Waals surface area contributed by atoms with Crippen molar-refractivity contribution in [2.45, 2.75) is 40.0 Å². The van der Waals surface area contributed by atoms with Crippen molar-refractivity contribution in [3.05, 3.63) is 59.2 Å². The fourth-order valence-corrected chi connectivity index (χ4v) is 2.83. The van der Waals surface area contributed by atoms with Gasteiger partial charge in [-0.25, -0.2) is 9.67 Å². The number of aromatic nitrogens is 5. The van der Waals surface area contributed by atoms with Crippen LogP contribution in [0.15, 0.2) is 36.7 Å². The van der Waals surface area contributed by atoms with Gasteiger partial charge in [0.2, 0.25) is 11.9 Å². The number of hydrogen-bond acceptors (Lipinski definition) is 4. The van der Waals surface area contributed by atoms with E-state index >= 15 is 0 Å². The van der Waals surface area contributed by atoms with Gasteiger partial charge < -0.3 is 0 Å². The third kappa shape index (κ3) is 5.21. The molecule has 0 spiro atoms. The first kappa shape index (κ1) is 20.6. The molecule has 3 aromatic rings. The fourth-order valence-electron chi connectivity index (χ4n) is 2.83. The summed E-state index contributed by atoms with van der Waals surface area (Å²) in [6.45, 7) is 5.64. The first-order valence-corrected chi connectivity index (χ1v) is 8.99. The molecule has 0 saturated carbocycles. The second-order valence-electron chi connectivity index (χ2n) is 7.00. The molecule has 0 aliphatic heterocycles. The lowest BCUT2D eigenvalue weighted by Gasteiger charge is -2.12. The monoisotopic (exact) mass is 406 g/mol. The van der Waals surface area contributed by atoms with E-state index < -0.39 is 23.7 Å². The molecule has 2 aromatic heterocycles. The summed E-state index contributed by atoms with van der Waals surface area (Å²) in [4.78, 5) is 16.4. The van der Waals surface area contributed by atoms with Gasteiger partial charge in [-0.3, -0.25) is 14.8 Å². The molecule has 0 bridgehead atoms. The van der Waals surface area contributed by atoms with Gasteiger partial charge in [0.1, 0.15) is 6.33 Å². The lowest BCUT2D eigenvalue weighted by Crippen LogP contribution is -2.26. The Morgan fingerprint density at radius 2 is 1.97 bits per heavy atom. The van der Waals surface area contributed by atoms with E-state index in [4.69, 9.17) is 0 Å². The average Bonchev–Trinajstić information content (AvgIpc) is 3.21. The molecule has 0 radical (unpaired) electrons. The smallest absolute Gasteiger partial charge is 0.293 e. The molecule has 0 fully saturated rings. The van der Waals surface area contributed by atoms with Crippen molar-refractivity contribution in [1.29, 1.82) is 0 Å². The van der Waals surface area contributed by atoms with Gasteiger partial charge in [0.25, 0.3) is 0 Å². The van der Waals surface area contributed by atoms with Crippen molar-refractivity contribution in [2.24, 2.45) is 5.92 Å². The maximum atomic E-state index is 12.8. The Bertz CT molecular complexity index is 1010. The molecule has 0 aliphatic rings. The van der Waals surface area contributed by atoms with Crippen LogP contribution in [0.1, 0.15) is 29.4 Å². The van der Waals surface area contributed by atoms with Gasteiger partial charge >= 0.3 is 6.18 Å². The van der Waals surface area contributed by atoms with Crippen LogP contribution in [0.4, 0.5) is 19.1 Å². The standard InChI is InChI=1S/C19H21F3N6O/c1-12-5-4-6-15(7-12)10-27-11-23-18(26-27)24-17(29)13(2)9-28-14(3)8-16(25-28)19(20,21)22/h4-8,11,13H,9-10H2,1-3H3,(H,24,26,29). The molecule has 1 amide bonds. The minimum Gasteiger partial charge on any atom is -0.293 e. The molecule has 10 heteroatoms. The number of amides is 1. The van der Waals surface area contributed by atoms with Crippen molar-refractivity contribution in [3.8, 4) is 0 Å². The highest BCUT2D eigenvalue weighted by atomic mass is 19.4. The molecule has 1 aromatic carbocycles. The van der Waals surface area contributed by atoms with Gasteiger partial charge in [0.15, 0.2) is 5.69 Å². The van der Waals surface area contributed by atoms with Gasteiger partial charge in [-0.2, -0.15) is 18.3 Å². The molecule has 2 heterocycles. The Hall–Kier alpha value is -3.17. The van der Waals surface area contributed by atoms with E-state index in [2.05, 4.69) is 20.5 Å². The van der Waals surface area contributed by atoms with E-state index in [0.29, 0.717) is 12.2 Å². The van der Waals surface area contributed by atoms with E-state index in [1.54, 1.807) is 11.6 Å². The van der Waals surface area contributed by atoms with Crippen LogP contribution >= 0.6 is 0 Å². The zero-order chi connectivity index (χ0) is 21.2. The SMILES string of the molecule is Cc1cccc(Cn2cnc(NC(=O)C(C)Cn3nc(C(F)(F)F)cc3C)n2)c1. The third-order valence-electron chi connectivity index (χ3n) is 4.36. The van der Waals surface area contributed by atoms with Crippen molar-refractivity contribution < 1.29 is 18.0 Å². The quantitative estimate of drug-likeness (QED) is 0.680. The van der Waals surface area contributed by atoms with Gasteiger partial charge in [-0.15, -0.1) is 5.10 Å². The van der Waals surface area contributed by atoms with Gasteiger partial charge in [-0.1, -0.05) is 36.8 Å². The van der Waals surface area contributed by atoms with Crippen molar-refractivity contribution in [1.82, 2.24) is 24.5 Å². The van der Waals surface area contributed by atoms with E-state index in [1.807, 2.05) is 31.2 Å². The van der Waals surface area contributed by atoms with Crippen LogP contribution in [0.25, 0.3) is 0 Å². The van der Waals surface area contributed by atoms with Gasteiger partial charge in [0, 0.05) is 5.69 Å². The summed E-state index contributed by atoms with van der Waals surface area (Å²) in [5.74, 6) is -0.886. The molecule has 3 rings (SSSR count). The lowest BCUT2D eigenvalue weighted by atomic mass is 10.1. The van der Waals surface area contributed by atoms with Crippen LogP contribution in [0.2, 0.25) is 0 Å². The van der Waals surface area contributed by atoms with Crippen LogP contribution in [0.5, 0.6) is 0 Å². The number of hydrogen-bond donors (Lipinski definition) is 1. The summed E-state index contributed by atoms with van der Waals surface area (Å²) < 4.78 is 41.1. The number of alkyl halides is 3. The van der Waals surface area contributed by atoms with Crippen LogP contribution in [0, 0.1) is 19.8 Å². The minimum atomic E-state index is -4.52. The van der Waals surface area contributed by atoms with Crippen LogP contribution in [-0.4, -0.2) is 30.5 Å². The van der Waals surface area contributed by atoms with E-state index in [-0.39, 0.29) is 12.5 Å². The normalized spacial score (nSPS) is 12.8. The highest BCUT2D eigenvalue weighted by Gasteiger charge is 2.34. The molecule has 0 saturated heterocycles. The molecule has 1 atom stereocenters. The number of carbonyl (C=O) groups excluding carboxylic acids is 1. The Morgan fingerprint density at radius 3 is 2.62 bits per heavy atom. The number of nitrogens with zero attached hydrogens (tertiary/aromatic N) is 5. The number of aryl methyl sites for hydroxylation is 2. The van der Waals surface area contributed by atoms with E-state index in [1.165, 1.54) is 17.9 Å². The molecule has 0 aliphatic carbocycles. The van der Waals surface area contributed by atoms with Gasteiger partial charge in [-0.05, 0) is 25.5 Å². The topological polar surface area (TPSA) is 77.6 Å². The second-order valence-corrected chi connectivity index (χ2v) is 7.00. The number of anilines is 1. The summed E-state index contributed by atoms with van der Waals surface area (Å²) in [7, 11) is 0. The predicted molar refractivity (Wildman–Crippen MR) is 100 cm³/mol. The third-order valence-corrected chi connectivity index (χ3v) is 4.36. The van der Waals surface area contributed by atoms with Crippen LogP contribution < -0.4 is 5.32 Å². The predicted octanol–water partition coefficient (Wildman–Crippen LogP) is 3.43. The first-order chi connectivity index (χ1) is 13.6. The average molecular weight is 406 g/mol. The summed E-state index contributed by atoms with van der Waals surface area (Å²) in [5, 5.41) is 10.4. The number of halogens is 3. The molecular formula is C19H21F3N6O. The summed E-state index contributed by atoms with van der Waals surface area (Å²) in [5.41, 5.74) is 1.54. The summed E-state index contributed by atoms with van der Waals surface area (Å²) >= 11 is 0. The van der Waals surface area contributed by atoms with Crippen molar-refractivity contribution >= 4 is 11.9 Å².